The van der Waals surface area contributed by atoms with Gasteiger partial charge in [0.05, 0.1) is 6.04 Å². The summed E-state index contributed by atoms with van der Waals surface area (Å²) in [5, 5.41) is 3.36. The summed E-state index contributed by atoms with van der Waals surface area (Å²) >= 11 is 3.54. The zero-order chi connectivity index (χ0) is 14.4. The zero-order valence-corrected chi connectivity index (χ0v) is 13.7. The van der Waals surface area contributed by atoms with E-state index < -0.39 is 0 Å². The molecular formula is C15H23BrN2O. The highest BCUT2D eigenvalue weighted by atomic mass is 79.9. The average Bonchev–Trinajstić information content (AvgIpc) is 2.40. The number of hydrogen-bond donors (Lipinski definition) is 1. The molecule has 1 N–H and O–H groups in total. The molecular weight excluding hydrogens is 304 g/mol. The SMILES string of the molecule is CCN(CC)C(=O)C(C)N[C@@H](C)c1ccccc1Br. The minimum atomic E-state index is -0.179. The summed E-state index contributed by atoms with van der Waals surface area (Å²) in [6, 6.07) is 8.04. The molecule has 0 aliphatic heterocycles. The Balaban J connectivity index is 2.69. The molecule has 0 bridgehead atoms. The van der Waals surface area contributed by atoms with Crippen LogP contribution in [0.2, 0.25) is 0 Å². The number of halogens is 1. The van der Waals surface area contributed by atoms with Crippen molar-refractivity contribution >= 4 is 21.8 Å². The maximum absolute atomic E-state index is 12.2. The van der Waals surface area contributed by atoms with E-state index in [-0.39, 0.29) is 18.0 Å². The molecule has 1 aromatic rings. The van der Waals surface area contributed by atoms with Crippen LogP contribution in [-0.4, -0.2) is 29.9 Å². The van der Waals surface area contributed by atoms with Gasteiger partial charge < -0.3 is 4.90 Å². The molecule has 2 atom stereocenters. The second-order valence-corrected chi connectivity index (χ2v) is 5.50. The van der Waals surface area contributed by atoms with Crippen LogP contribution in [0.15, 0.2) is 28.7 Å². The molecule has 0 fully saturated rings. The first-order valence-electron chi connectivity index (χ1n) is 6.80. The summed E-state index contributed by atoms with van der Waals surface area (Å²) in [5.41, 5.74) is 1.17. The van der Waals surface area contributed by atoms with Gasteiger partial charge in [-0.25, -0.2) is 0 Å². The first-order valence-corrected chi connectivity index (χ1v) is 7.59. The van der Waals surface area contributed by atoms with Gasteiger partial charge in [0, 0.05) is 23.6 Å². The quantitative estimate of drug-likeness (QED) is 0.869. The lowest BCUT2D eigenvalue weighted by atomic mass is 10.1. The lowest BCUT2D eigenvalue weighted by Crippen LogP contribution is -2.45. The monoisotopic (exact) mass is 326 g/mol. The van der Waals surface area contributed by atoms with Crippen LogP contribution in [0.3, 0.4) is 0 Å². The van der Waals surface area contributed by atoms with Crippen molar-refractivity contribution in [2.45, 2.75) is 39.8 Å². The number of nitrogens with zero attached hydrogens (tertiary/aromatic N) is 1. The smallest absolute Gasteiger partial charge is 0.239 e. The molecule has 0 saturated carbocycles. The molecule has 0 aliphatic rings. The van der Waals surface area contributed by atoms with Crippen molar-refractivity contribution in [1.29, 1.82) is 0 Å². The van der Waals surface area contributed by atoms with Crippen LogP contribution in [0.25, 0.3) is 0 Å². The van der Waals surface area contributed by atoms with E-state index in [1.165, 1.54) is 5.56 Å². The third kappa shape index (κ3) is 4.32. The van der Waals surface area contributed by atoms with Gasteiger partial charge in [-0.1, -0.05) is 34.1 Å². The van der Waals surface area contributed by atoms with Gasteiger partial charge in [0.15, 0.2) is 0 Å². The minimum Gasteiger partial charge on any atom is -0.342 e. The topological polar surface area (TPSA) is 32.3 Å². The maximum Gasteiger partial charge on any atom is 0.239 e. The summed E-state index contributed by atoms with van der Waals surface area (Å²) in [5.74, 6) is 0.156. The predicted octanol–water partition coefficient (Wildman–Crippen LogP) is 3.36. The molecule has 0 saturated heterocycles. The van der Waals surface area contributed by atoms with E-state index in [1.807, 2.05) is 43.9 Å². The van der Waals surface area contributed by atoms with Gasteiger partial charge in [-0.15, -0.1) is 0 Å². The van der Waals surface area contributed by atoms with Crippen molar-refractivity contribution in [2.75, 3.05) is 13.1 Å². The standard InChI is InChI=1S/C15H23BrN2O/c1-5-18(6-2)15(19)12(4)17-11(3)13-9-7-8-10-14(13)16/h7-12,17H,5-6H2,1-4H3/t11-,12?/m0/s1. The largest absolute Gasteiger partial charge is 0.342 e. The summed E-state index contributed by atoms with van der Waals surface area (Å²) in [4.78, 5) is 14.1. The molecule has 1 aromatic carbocycles. The van der Waals surface area contributed by atoms with Crippen LogP contribution in [0.1, 0.15) is 39.3 Å². The lowest BCUT2D eigenvalue weighted by Gasteiger charge is -2.26. The maximum atomic E-state index is 12.2. The van der Waals surface area contributed by atoms with E-state index in [2.05, 4.69) is 34.2 Å². The molecule has 1 unspecified atom stereocenters. The molecule has 1 rings (SSSR count). The number of nitrogens with one attached hydrogen (secondary N) is 1. The van der Waals surface area contributed by atoms with Crippen molar-refractivity contribution in [3.63, 3.8) is 0 Å². The van der Waals surface area contributed by atoms with E-state index in [4.69, 9.17) is 0 Å². The van der Waals surface area contributed by atoms with Crippen molar-refractivity contribution in [3.8, 4) is 0 Å². The summed E-state index contributed by atoms with van der Waals surface area (Å²) in [6.07, 6.45) is 0. The van der Waals surface area contributed by atoms with Crippen LogP contribution in [-0.2, 0) is 4.79 Å². The first-order chi connectivity index (χ1) is 9.01. The number of hydrogen-bond acceptors (Lipinski definition) is 2. The fraction of sp³-hybridized carbons (Fsp3) is 0.533. The molecule has 0 aromatic heterocycles. The van der Waals surface area contributed by atoms with Gasteiger partial charge in [0.25, 0.3) is 0 Å². The Kier molecular flexibility index (Phi) is 6.52. The lowest BCUT2D eigenvalue weighted by molar-refractivity contribution is -0.132. The van der Waals surface area contributed by atoms with Crippen molar-refractivity contribution < 1.29 is 4.79 Å². The number of likely N-dealkylation sites (N-methyl/N-ethyl adjacent to an activating group) is 1. The number of carbonyl (C=O) groups excluding carboxylic acids is 1. The van der Waals surface area contributed by atoms with Crippen LogP contribution < -0.4 is 5.32 Å². The molecule has 0 aliphatic carbocycles. The number of carbonyl (C=O) groups is 1. The Morgan fingerprint density at radius 1 is 1.26 bits per heavy atom. The number of amides is 1. The summed E-state index contributed by atoms with van der Waals surface area (Å²) in [6.45, 7) is 9.52. The molecule has 19 heavy (non-hydrogen) atoms. The normalized spacial score (nSPS) is 13.9. The predicted molar refractivity (Wildman–Crippen MR) is 83.1 cm³/mol. The molecule has 0 spiro atoms. The van der Waals surface area contributed by atoms with Crippen LogP contribution >= 0.6 is 15.9 Å². The Morgan fingerprint density at radius 2 is 1.84 bits per heavy atom. The van der Waals surface area contributed by atoms with Crippen molar-refractivity contribution in [2.24, 2.45) is 0 Å². The van der Waals surface area contributed by atoms with Gasteiger partial charge in [0.1, 0.15) is 0 Å². The Bertz CT molecular complexity index is 418. The van der Waals surface area contributed by atoms with E-state index in [9.17, 15) is 4.79 Å². The molecule has 3 nitrogen and oxygen atoms in total. The Labute approximate surface area is 124 Å². The van der Waals surface area contributed by atoms with Gasteiger partial charge in [-0.05, 0) is 39.3 Å². The van der Waals surface area contributed by atoms with Gasteiger partial charge >= 0.3 is 0 Å². The second kappa shape index (κ2) is 7.65. The van der Waals surface area contributed by atoms with E-state index in [0.29, 0.717) is 0 Å². The molecule has 0 heterocycles. The first kappa shape index (κ1) is 16.2. The highest BCUT2D eigenvalue weighted by Crippen LogP contribution is 2.23. The molecule has 4 heteroatoms. The highest BCUT2D eigenvalue weighted by molar-refractivity contribution is 9.10. The highest BCUT2D eigenvalue weighted by Gasteiger charge is 2.20. The second-order valence-electron chi connectivity index (χ2n) is 4.64. The minimum absolute atomic E-state index is 0.130. The van der Waals surface area contributed by atoms with Gasteiger partial charge in [-0.3, -0.25) is 10.1 Å². The molecule has 106 valence electrons. The molecule has 0 radical (unpaired) electrons. The number of rotatable bonds is 6. The Hall–Kier alpha value is -0.870. The summed E-state index contributed by atoms with van der Waals surface area (Å²) < 4.78 is 1.07. The molecule has 1 amide bonds. The van der Waals surface area contributed by atoms with Gasteiger partial charge in [0.2, 0.25) is 5.91 Å². The fourth-order valence-electron chi connectivity index (χ4n) is 2.17. The van der Waals surface area contributed by atoms with Crippen LogP contribution in [0.4, 0.5) is 0 Å². The Morgan fingerprint density at radius 3 is 2.37 bits per heavy atom. The third-order valence-electron chi connectivity index (χ3n) is 3.32. The fourth-order valence-corrected chi connectivity index (χ4v) is 2.80. The van der Waals surface area contributed by atoms with Gasteiger partial charge in [-0.2, -0.15) is 0 Å². The average molecular weight is 327 g/mol. The van der Waals surface area contributed by atoms with Crippen LogP contribution in [0.5, 0.6) is 0 Å². The van der Waals surface area contributed by atoms with Crippen molar-refractivity contribution in [1.82, 2.24) is 10.2 Å². The zero-order valence-electron chi connectivity index (χ0n) is 12.1. The summed E-state index contributed by atoms with van der Waals surface area (Å²) in [7, 11) is 0. The number of benzene rings is 1. The van der Waals surface area contributed by atoms with Crippen LogP contribution in [0, 0.1) is 0 Å². The van der Waals surface area contributed by atoms with Crippen molar-refractivity contribution in [3.05, 3.63) is 34.3 Å². The third-order valence-corrected chi connectivity index (χ3v) is 4.04. The van der Waals surface area contributed by atoms with E-state index in [0.717, 1.165) is 17.6 Å². The van der Waals surface area contributed by atoms with E-state index in [1.54, 1.807) is 0 Å². The van der Waals surface area contributed by atoms with E-state index >= 15 is 0 Å².